The number of carbonyl (C=O) groups is 1. The van der Waals surface area contributed by atoms with Crippen LogP contribution in [0.15, 0.2) is 63.9 Å². The van der Waals surface area contributed by atoms with E-state index in [2.05, 4.69) is 15.5 Å². The summed E-state index contributed by atoms with van der Waals surface area (Å²) in [4.78, 5) is 12.3. The van der Waals surface area contributed by atoms with Crippen LogP contribution >= 0.6 is 0 Å². The monoisotopic (exact) mass is 385 g/mol. The van der Waals surface area contributed by atoms with Crippen LogP contribution in [0.5, 0.6) is 0 Å². The van der Waals surface area contributed by atoms with Crippen molar-refractivity contribution in [2.75, 3.05) is 11.1 Å². The number of anilines is 1. The standard InChI is InChI=1S/C19H19N3O4S/c1-14-7-9-15(10-8-14)13-17(23)20-19-22-21-18(26-19)11-12-27(24,25)16-5-3-2-4-6-16/h2-10H,11-13H2,1H3,(H,20,22,23). The molecule has 1 heterocycles. The Morgan fingerprint density at radius 2 is 1.74 bits per heavy atom. The van der Waals surface area contributed by atoms with Gasteiger partial charge in [-0.3, -0.25) is 10.1 Å². The molecule has 0 spiro atoms. The van der Waals surface area contributed by atoms with Gasteiger partial charge in [0, 0.05) is 6.42 Å². The van der Waals surface area contributed by atoms with Crippen LogP contribution in [0.2, 0.25) is 0 Å². The molecule has 3 rings (SSSR count). The fourth-order valence-corrected chi connectivity index (χ4v) is 3.68. The molecule has 0 aliphatic carbocycles. The van der Waals surface area contributed by atoms with E-state index >= 15 is 0 Å². The number of nitrogens with one attached hydrogen (secondary N) is 1. The van der Waals surface area contributed by atoms with Gasteiger partial charge in [0.2, 0.25) is 11.8 Å². The average Bonchev–Trinajstić information content (AvgIpc) is 3.10. The summed E-state index contributed by atoms with van der Waals surface area (Å²) in [5.74, 6) is -0.290. The van der Waals surface area contributed by atoms with E-state index in [0.29, 0.717) is 0 Å². The molecule has 2 aromatic carbocycles. The number of benzene rings is 2. The highest BCUT2D eigenvalue weighted by Gasteiger charge is 2.17. The molecule has 1 aromatic heterocycles. The van der Waals surface area contributed by atoms with Crippen molar-refractivity contribution in [3.8, 4) is 0 Å². The highest BCUT2D eigenvalue weighted by atomic mass is 32.2. The first-order valence-electron chi connectivity index (χ1n) is 8.38. The zero-order valence-corrected chi connectivity index (χ0v) is 15.6. The number of sulfone groups is 1. The van der Waals surface area contributed by atoms with Gasteiger partial charge in [-0.1, -0.05) is 53.1 Å². The van der Waals surface area contributed by atoms with Gasteiger partial charge >= 0.3 is 6.01 Å². The van der Waals surface area contributed by atoms with E-state index in [4.69, 9.17) is 4.42 Å². The van der Waals surface area contributed by atoms with Crippen LogP contribution in [0, 0.1) is 6.92 Å². The van der Waals surface area contributed by atoms with Gasteiger partial charge in [0.25, 0.3) is 0 Å². The highest BCUT2D eigenvalue weighted by Crippen LogP contribution is 2.13. The van der Waals surface area contributed by atoms with Crippen molar-refractivity contribution < 1.29 is 17.6 Å². The number of rotatable bonds is 7. The maximum Gasteiger partial charge on any atom is 0.322 e. The molecule has 0 atom stereocenters. The van der Waals surface area contributed by atoms with Crippen LogP contribution in [0.3, 0.4) is 0 Å². The predicted octanol–water partition coefficient (Wildman–Crippen LogP) is 2.58. The molecule has 8 heteroatoms. The van der Waals surface area contributed by atoms with Crippen molar-refractivity contribution in [2.45, 2.75) is 24.7 Å². The Balaban J connectivity index is 1.55. The summed E-state index contributed by atoms with van der Waals surface area (Å²) in [7, 11) is -3.43. The molecular formula is C19H19N3O4S. The van der Waals surface area contributed by atoms with Crippen LogP contribution in [0.25, 0.3) is 0 Å². The topological polar surface area (TPSA) is 102 Å². The summed E-state index contributed by atoms with van der Waals surface area (Å²) in [6.45, 7) is 1.97. The van der Waals surface area contributed by atoms with E-state index in [1.165, 1.54) is 0 Å². The lowest BCUT2D eigenvalue weighted by Crippen LogP contribution is -2.14. The fourth-order valence-electron chi connectivity index (χ4n) is 2.43. The lowest BCUT2D eigenvalue weighted by atomic mass is 10.1. The van der Waals surface area contributed by atoms with Gasteiger partial charge in [-0.05, 0) is 24.6 Å². The van der Waals surface area contributed by atoms with E-state index in [1.807, 2.05) is 31.2 Å². The lowest BCUT2D eigenvalue weighted by molar-refractivity contribution is -0.115. The van der Waals surface area contributed by atoms with Gasteiger partial charge in [0.15, 0.2) is 9.84 Å². The zero-order valence-electron chi connectivity index (χ0n) is 14.8. The Labute approximate surface area is 157 Å². The summed E-state index contributed by atoms with van der Waals surface area (Å²) in [5, 5.41) is 10.1. The number of nitrogens with zero attached hydrogens (tertiary/aromatic N) is 2. The maximum atomic E-state index is 12.3. The van der Waals surface area contributed by atoms with Crippen LogP contribution < -0.4 is 5.32 Å². The third kappa shape index (κ3) is 5.24. The first kappa shape index (κ1) is 18.8. The molecular weight excluding hydrogens is 366 g/mol. The van der Waals surface area contributed by atoms with E-state index in [-0.39, 0.29) is 41.3 Å². The third-order valence-corrected chi connectivity index (χ3v) is 5.62. The molecule has 0 saturated heterocycles. The van der Waals surface area contributed by atoms with Crippen molar-refractivity contribution in [1.82, 2.24) is 10.2 Å². The van der Waals surface area contributed by atoms with Gasteiger partial charge in [-0.15, -0.1) is 5.10 Å². The van der Waals surface area contributed by atoms with Gasteiger partial charge < -0.3 is 4.42 Å². The third-order valence-electron chi connectivity index (χ3n) is 3.89. The minimum Gasteiger partial charge on any atom is -0.408 e. The van der Waals surface area contributed by atoms with E-state index in [1.54, 1.807) is 30.3 Å². The minimum atomic E-state index is -3.43. The molecule has 0 radical (unpaired) electrons. The van der Waals surface area contributed by atoms with Crippen LogP contribution in [-0.2, 0) is 27.5 Å². The van der Waals surface area contributed by atoms with Gasteiger partial charge in [-0.2, -0.15) is 0 Å². The smallest absolute Gasteiger partial charge is 0.322 e. The number of aromatic nitrogens is 2. The minimum absolute atomic E-state index is 0.0424. The lowest BCUT2D eigenvalue weighted by Gasteiger charge is -2.02. The number of amides is 1. The summed E-state index contributed by atoms with van der Waals surface area (Å²) in [6.07, 6.45) is 0.248. The van der Waals surface area contributed by atoms with Crippen molar-refractivity contribution in [2.24, 2.45) is 0 Å². The molecule has 0 fully saturated rings. The molecule has 0 aliphatic heterocycles. The second-order valence-corrected chi connectivity index (χ2v) is 8.20. The molecule has 3 aromatic rings. The van der Waals surface area contributed by atoms with Gasteiger partial charge in [0.1, 0.15) is 0 Å². The first-order valence-corrected chi connectivity index (χ1v) is 10.0. The molecule has 27 heavy (non-hydrogen) atoms. The molecule has 1 N–H and O–H groups in total. The molecule has 0 saturated carbocycles. The number of hydrogen-bond donors (Lipinski definition) is 1. The van der Waals surface area contributed by atoms with Crippen molar-refractivity contribution in [3.63, 3.8) is 0 Å². The first-order chi connectivity index (χ1) is 12.9. The second-order valence-electron chi connectivity index (χ2n) is 6.09. The summed E-state index contributed by atoms with van der Waals surface area (Å²) in [5.41, 5.74) is 1.98. The molecule has 0 aliphatic rings. The molecule has 0 bridgehead atoms. The number of carbonyl (C=O) groups excluding carboxylic acids is 1. The molecule has 7 nitrogen and oxygen atoms in total. The van der Waals surface area contributed by atoms with Crippen LogP contribution in [0.1, 0.15) is 17.0 Å². The zero-order chi connectivity index (χ0) is 19.3. The van der Waals surface area contributed by atoms with Crippen LogP contribution in [-0.4, -0.2) is 30.3 Å². The van der Waals surface area contributed by atoms with Crippen molar-refractivity contribution >= 4 is 21.8 Å². The average molecular weight is 385 g/mol. The van der Waals surface area contributed by atoms with Crippen molar-refractivity contribution in [1.29, 1.82) is 0 Å². The Hall–Kier alpha value is -3.00. The highest BCUT2D eigenvalue weighted by molar-refractivity contribution is 7.91. The summed E-state index contributed by atoms with van der Waals surface area (Å²) < 4.78 is 29.8. The summed E-state index contributed by atoms with van der Waals surface area (Å²) in [6, 6.07) is 15.7. The van der Waals surface area contributed by atoms with E-state index < -0.39 is 9.84 Å². The fraction of sp³-hybridized carbons (Fsp3) is 0.211. The second kappa shape index (κ2) is 8.13. The van der Waals surface area contributed by atoms with Gasteiger partial charge in [0.05, 0.1) is 17.1 Å². The van der Waals surface area contributed by atoms with E-state index in [0.717, 1.165) is 11.1 Å². The van der Waals surface area contributed by atoms with Gasteiger partial charge in [-0.25, -0.2) is 8.42 Å². The number of hydrogen-bond acceptors (Lipinski definition) is 6. The largest absolute Gasteiger partial charge is 0.408 e. The Morgan fingerprint density at radius 3 is 2.44 bits per heavy atom. The number of aryl methyl sites for hydroxylation is 2. The predicted molar refractivity (Wildman–Crippen MR) is 100 cm³/mol. The van der Waals surface area contributed by atoms with Crippen molar-refractivity contribution in [3.05, 3.63) is 71.6 Å². The maximum absolute atomic E-state index is 12.3. The Morgan fingerprint density at radius 1 is 1.04 bits per heavy atom. The summed E-state index contributed by atoms with van der Waals surface area (Å²) >= 11 is 0. The Kier molecular flexibility index (Phi) is 5.66. The quantitative estimate of drug-likeness (QED) is 0.671. The van der Waals surface area contributed by atoms with E-state index in [9.17, 15) is 13.2 Å². The molecule has 140 valence electrons. The van der Waals surface area contributed by atoms with Crippen LogP contribution in [0.4, 0.5) is 6.01 Å². The molecule has 0 unspecified atom stereocenters. The molecule has 1 amide bonds. The Bertz CT molecular complexity index is 1010. The SMILES string of the molecule is Cc1ccc(CC(=O)Nc2nnc(CCS(=O)(=O)c3ccccc3)o2)cc1. The normalized spacial score (nSPS) is 11.3.